The molecule has 0 aromatic carbocycles. The number of rotatable bonds is 3. The second kappa shape index (κ2) is 5.99. The number of aromatic amines is 1. The van der Waals surface area contributed by atoms with E-state index in [4.69, 9.17) is 0 Å². The maximum atomic E-state index is 12.1. The lowest BCUT2D eigenvalue weighted by atomic mass is 9.94. The Labute approximate surface area is 118 Å². The molecule has 0 bridgehead atoms. The van der Waals surface area contributed by atoms with E-state index < -0.39 is 0 Å². The lowest BCUT2D eigenvalue weighted by Crippen LogP contribution is -2.38. The van der Waals surface area contributed by atoms with Crippen molar-refractivity contribution in [2.45, 2.75) is 38.5 Å². The Morgan fingerprint density at radius 3 is 2.89 bits per heavy atom. The first-order chi connectivity index (χ1) is 9.34. The van der Waals surface area contributed by atoms with Crippen molar-refractivity contribution in [3.8, 4) is 0 Å². The van der Waals surface area contributed by atoms with E-state index in [9.17, 15) is 4.79 Å². The van der Waals surface area contributed by atoms with Crippen LogP contribution in [0.5, 0.6) is 0 Å². The van der Waals surface area contributed by atoms with E-state index in [2.05, 4.69) is 10.2 Å². The molecule has 1 amide bonds. The molecule has 1 aliphatic heterocycles. The molecule has 1 saturated heterocycles. The first kappa shape index (κ1) is 13.0. The molecule has 4 nitrogen and oxygen atoms in total. The molecule has 1 fully saturated rings. The van der Waals surface area contributed by atoms with Crippen LogP contribution in [-0.4, -0.2) is 45.6 Å². The fourth-order valence-corrected chi connectivity index (χ4v) is 3.86. The van der Waals surface area contributed by atoms with Crippen molar-refractivity contribution < 1.29 is 4.79 Å². The summed E-state index contributed by atoms with van der Waals surface area (Å²) in [6.07, 6.45) is 6.20. The number of hydrogen-bond acceptors (Lipinski definition) is 3. The third kappa shape index (κ3) is 2.96. The lowest BCUT2D eigenvalue weighted by molar-refractivity contribution is -0.130. The summed E-state index contributed by atoms with van der Waals surface area (Å²) in [5.41, 5.74) is 3.84. The average molecular weight is 279 g/mol. The summed E-state index contributed by atoms with van der Waals surface area (Å²) in [5.74, 6) is 2.47. The Bertz CT molecular complexity index is 452. The molecule has 19 heavy (non-hydrogen) atoms. The Hall–Kier alpha value is -0.970. The molecular formula is C14H21N3OS. The summed E-state index contributed by atoms with van der Waals surface area (Å²) in [7, 11) is 0. The second-order valence-electron chi connectivity index (χ2n) is 5.33. The number of carbonyl (C=O) groups is 1. The number of hydrogen-bond donors (Lipinski definition) is 1. The third-order valence-electron chi connectivity index (χ3n) is 4.08. The van der Waals surface area contributed by atoms with Gasteiger partial charge in [-0.1, -0.05) is 0 Å². The van der Waals surface area contributed by atoms with Gasteiger partial charge in [0.15, 0.2) is 0 Å². The molecule has 3 rings (SSSR count). The van der Waals surface area contributed by atoms with Gasteiger partial charge in [-0.05, 0) is 31.2 Å². The van der Waals surface area contributed by atoms with Crippen molar-refractivity contribution in [2.75, 3.05) is 24.6 Å². The van der Waals surface area contributed by atoms with Gasteiger partial charge in [-0.3, -0.25) is 9.89 Å². The van der Waals surface area contributed by atoms with Crippen molar-refractivity contribution in [2.24, 2.45) is 0 Å². The van der Waals surface area contributed by atoms with Crippen LogP contribution < -0.4 is 0 Å². The molecule has 0 saturated carbocycles. The first-order valence-corrected chi connectivity index (χ1v) is 8.40. The molecule has 0 radical (unpaired) electrons. The molecule has 1 aromatic rings. The van der Waals surface area contributed by atoms with E-state index >= 15 is 0 Å². The highest BCUT2D eigenvalue weighted by Crippen LogP contribution is 2.23. The van der Waals surface area contributed by atoms with Crippen LogP contribution in [0.2, 0.25) is 0 Å². The van der Waals surface area contributed by atoms with Crippen LogP contribution in [0.15, 0.2) is 0 Å². The first-order valence-electron chi connectivity index (χ1n) is 7.25. The third-order valence-corrected chi connectivity index (χ3v) is 5.02. The van der Waals surface area contributed by atoms with Crippen molar-refractivity contribution >= 4 is 17.7 Å². The predicted octanol–water partition coefficient (Wildman–Crippen LogP) is 1.80. The van der Waals surface area contributed by atoms with Gasteiger partial charge in [0, 0.05) is 43.1 Å². The molecule has 2 heterocycles. The van der Waals surface area contributed by atoms with Crippen molar-refractivity contribution in [1.82, 2.24) is 15.1 Å². The Balaban J connectivity index is 1.57. The van der Waals surface area contributed by atoms with Gasteiger partial charge in [0.05, 0.1) is 5.69 Å². The van der Waals surface area contributed by atoms with E-state index in [0.29, 0.717) is 12.3 Å². The Kier molecular flexibility index (Phi) is 4.11. The minimum absolute atomic E-state index is 0.299. The monoisotopic (exact) mass is 279 g/mol. The second-order valence-corrected chi connectivity index (χ2v) is 6.55. The molecular weight excluding hydrogens is 258 g/mol. The van der Waals surface area contributed by atoms with Gasteiger partial charge in [-0.25, -0.2) is 0 Å². The van der Waals surface area contributed by atoms with Gasteiger partial charge < -0.3 is 4.90 Å². The summed E-state index contributed by atoms with van der Waals surface area (Å²) in [6.45, 7) is 1.84. The SMILES string of the molecule is O=C(CCc1n[nH]c2c1CCCC2)N1CCSCC1. The number of nitrogens with one attached hydrogen (secondary N) is 1. The van der Waals surface area contributed by atoms with E-state index in [1.54, 1.807) is 0 Å². The van der Waals surface area contributed by atoms with Crippen LogP contribution in [0, 0.1) is 0 Å². The summed E-state index contributed by atoms with van der Waals surface area (Å²) in [4.78, 5) is 14.1. The Morgan fingerprint density at radius 1 is 1.26 bits per heavy atom. The highest BCUT2D eigenvalue weighted by molar-refractivity contribution is 7.99. The van der Waals surface area contributed by atoms with Crippen molar-refractivity contribution in [3.63, 3.8) is 0 Å². The smallest absolute Gasteiger partial charge is 0.223 e. The molecule has 1 N–H and O–H groups in total. The quantitative estimate of drug-likeness (QED) is 0.918. The van der Waals surface area contributed by atoms with E-state index in [0.717, 1.165) is 49.6 Å². The van der Waals surface area contributed by atoms with Crippen LogP contribution in [0.4, 0.5) is 0 Å². The number of amides is 1. The van der Waals surface area contributed by atoms with Crippen LogP contribution in [0.25, 0.3) is 0 Å². The maximum absolute atomic E-state index is 12.1. The van der Waals surface area contributed by atoms with Gasteiger partial charge in [0.25, 0.3) is 0 Å². The van der Waals surface area contributed by atoms with Crippen LogP contribution in [0.1, 0.15) is 36.2 Å². The standard InChI is InChI=1S/C14H21N3OS/c18-14(17-7-9-19-10-8-17)6-5-13-11-3-1-2-4-12(11)15-16-13/h1-10H2,(H,15,16). The van der Waals surface area contributed by atoms with Crippen molar-refractivity contribution in [3.05, 3.63) is 17.0 Å². The minimum atomic E-state index is 0.299. The molecule has 0 spiro atoms. The van der Waals surface area contributed by atoms with Crippen LogP contribution in [0.3, 0.4) is 0 Å². The number of aromatic nitrogens is 2. The zero-order valence-corrected chi connectivity index (χ0v) is 12.1. The zero-order valence-electron chi connectivity index (χ0n) is 11.3. The molecule has 5 heteroatoms. The molecule has 104 valence electrons. The van der Waals surface area contributed by atoms with Gasteiger partial charge in [-0.15, -0.1) is 0 Å². The van der Waals surface area contributed by atoms with Crippen LogP contribution >= 0.6 is 11.8 Å². The molecule has 0 atom stereocenters. The van der Waals surface area contributed by atoms with E-state index in [-0.39, 0.29) is 0 Å². The van der Waals surface area contributed by atoms with Gasteiger partial charge in [0.1, 0.15) is 0 Å². The predicted molar refractivity (Wildman–Crippen MR) is 77.5 cm³/mol. The van der Waals surface area contributed by atoms with Gasteiger partial charge in [-0.2, -0.15) is 16.9 Å². The topological polar surface area (TPSA) is 49.0 Å². The highest BCUT2D eigenvalue weighted by Gasteiger charge is 2.20. The number of nitrogens with zero attached hydrogens (tertiary/aromatic N) is 2. The summed E-state index contributed by atoms with van der Waals surface area (Å²) in [6, 6.07) is 0. The number of H-pyrrole nitrogens is 1. The zero-order chi connectivity index (χ0) is 13.1. The van der Waals surface area contributed by atoms with E-state index in [1.807, 2.05) is 16.7 Å². The number of fused-ring (bicyclic) bond motifs is 1. The normalized spacial score (nSPS) is 19.3. The molecule has 0 unspecified atom stereocenters. The number of aryl methyl sites for hydroxylation is 2. The molecule has 1 aromatic heterocycles. The summed E-state index contributed by atoms with van der Waals surface area (Å²) >= 11 is 1.94. The van der Waals surface area contributed by atoms with Crippen LogP contribution in [-0.2, 0) is 24.1 Å². The minimum Gasteiger partial charge on any atom is -0.341 e. The molecule has 2 aliphatic rings. The van der Waals surface area contributed by atoms with Gasteiger partial charge >= 0.3 is 0 Å². The van der Waals surface area contributed by atoms with Gasteiger partial charge in [0.2, 0.25) is 5.91 Å². The van der Waals surface area contributed by atoms with E-state index in [1.165, 1.54) is 24.1 Å². The fraction of sp³-hybridized carbons (Fsp3) is 0.714. The summed E-state index contributed by atoms with van der Waals surface area (Å²) < 4.78 is 0. The fourth-order valence-electron chi connectivity index (χ4n) is 2.95. The largest absolute Gasteiger partial charge is 0.341 e. The number of carbonyl (C=O) groups excluding carboxylic acids is 1. The maximum Gasteiger partial charge on any atom is 0.223 e. The highest BCUT2D eigenvalue weighted by atomic mass is 32.2. The number of thioether (sulfide) groups is 1. The van der Waals surface area contributed by atoms with Crippen molar-refractivity contribution in [1.29, 1.82) is 0 Å². The lowest BCUT2D eigenvalue weighted by Gasteiger charge is -2.26. The summed E-state index contributed by atoms with van der Waals surface area (Å²) in [5, 5.41) is 7.57. The Morgan fingerprint density at radius 2 is 2.05 bits per heavy atom. The molecule has 1 aliphatic carbocycles. The average Bonchev–Trinajstić information content (AvgIpc) is 2.89.